The number of thioether (sulfide) groups is 1. The number of fused-ring (bicyclic) bond motifs is 1. The van der Waals surface area contributed by atoms with Gasteiger partial charge in [0.1, 0.15) is 0 Å². The predicted molar refractivity (Wildman–Crippen MR) is 101 cm³/mol. The number of amides is 1. The van der Waals surface area contributed by atoms with E-state index in [4.69, 9.17) is 11.6 Å². The van der Waals surface area contributed by atoms with E-state index in [1.54, 1.807) is 0 Å². The Hall–Kier alpha value is -0.880. The Bertz CT molecular complexity index is 656. The number of carbonyl (C=O) groups excluding carboxylic acids is 1. The third-order valence-corrected chi connectivity index (χ3v) is 5.24. The molecule has 3 rings (SSSR count). The number of benzene rings is 1. The summed E-state index contributed by atoms with van der Waals surface area (Å²) in [5.41, 5.74) is 2.26. The van der Waals surface area contributed by atoms with Gasteiger partial charge in [-0.25, -0.2) is 0 Å². The molecule has 1 fully saturated rings. The van der Waals surface area contributed by atoms with Crippen LogP contribution in [0.4, 0.5) is 0 Å². The highest BCUT2D eigenvalue weighted by Crippen LogP contribution is 2.22. The quantitative estimate of drug-likeness (QED) is 0.754. The van der Waals surface area contributed by atoms with Gasteiger partial charge in [0, 0.05) is 59.2 Å². The molecular weight excluding hydrogens is 353 g/mol. The van der Waals surface area contributed by atoms with Crippen molar-refractivity contribution in [2.45, 2.75) is 18.9 Å². The highest BCUT2D eigenvalue weighted by Gasteiger charge is 2.16. The van der Waals surface area contributed by atoms with Crippen LogP contribution in [0.2, 0.25) is 5.02 Å². The second-order valence-corrected chi connectivity index (χ2v) is 7.12. The molecule has 1 amide bonds. The van der Waals surface area contributed by atoms with Gasteiger partial charge >= 0.3 is 0 Å². The van der Waals surface area contributed by atoms with E-state index in [0.717, 1.165) is 40.4 Å². The molecule has 1 aromatic heterocycles. The van der Waals surface area contributed by atoms with E-state index in [1.807, 2.05) is 36.2 Å². The van der Waals surface area contributed by atoms with E-state index in [-0.39, 0.29) is 18.3 Å². The van der Waals surface area contributed by atoms with Crippen LogP contribution >= 0.6 is 35.8 Å². The van der Waals surface area contributed by atoms with E-state index in [1.165, 1.54) is 5.56 Å². The molecule has 7 heteroatoms. The molecule has 2 aromatic rings. The van der Waals surface area contributed by atoms with Gasteiger partial charge in [-0.2, -0.15) is 11.8 Å². The van der Waals surface area contributed by atoms with Crippen molar-refractivity contribution < 1.29 is 4.79 Å². The van der Waals surface area contributed by atoms with Gasteiger partial charge in [0.15, 0.2) is 0 Å². The van der Waals surface area contributed by atoms with E-state index >= 15 is 0 Å². The first kappa shape index (κ1) is 18.5. The van der Waals surface area contributed by atoms with Crippen LogP contribution < -0.4 is 10.6 Å². The summed E-state index contributed by atoms with van der Waals surface area (Å²) < 4.78 is 0. The Morgan fingerprint density at radius 2 is 2.30 bits per heavy atom. The fraction of sp³-hybridized carbons (Fsp3) is 0.438. The molecule has 3 N–H and O–H groups in total. The SMILES string of the molecule is Cl.O=C(CC1CSCCN1)NCCc1c[nH]c2ccc(Cl)cc12. The zero-order valence-electron chi connectivity index (χ0n) is 12.7. The Morgan fingerprint density at radius 1 is 1.43 bits per heavy atom. The predicted octanol–water partition coefficient (Wildman–Crippen LogP) is 3.00. The average molecular weight is 374 g/mol. The maximum atomic E-state index is 12.0. The van der Waals surface area contributed by atoms with Crippen molar-refractivity contribution in [3.8, 4) is 0 Å². The molecule has 0 radical (unpaired) electrons. The smallest absolute Gasteiger partial charge is 0.221 e. The fourth-order valence-corrected chi connectivity index (χ4v) is 3.86. The maximum Gasteiger partial charge on any atom is 0.221 e. The minimum atomic E-state index is 0. The third kappa shape index (κ3) is 5.05. The van der Waals surface area contributed by atoms with Crippen molar-refractivity contribution >= 4 is 52.6 Å². The van der Waals surface area contributed by atoms with Crippen LogP contribution in [0, 0.1) is 0 Å². The molecule has 1 atom stereocenters. The van der Waals surface area contributed by atoms with Crippen LogP contribution in [0.1, 0.15) is 12.0 Å². The standard InChI is InChI=1S/C16H20ClN3OS.ClH/c17-12-1-2-15-14(7-12)11(9-20-15)3-4-19-16(21)8-13-10-22-6-5-18-13;/h1-2,7,9,13,18,20H,3-6,8,10H2,(H,19,21);1H. The molecule has 0 saturated carbocycles. The Morgan fingerprint density at radius 3 is 3.09 bits per heavy atom. The van der Waals surface area contributed by atoms with Crippen LogP contribution in [-0.2, 0) is 11.2 Å². The van der Waals surface area contributed by atoms with E-state index < -0.39 is 0 Å². The molecule has 4 nitrogen and oxygen atoms in total. The molecular formula is C16H21Cl2N3OS. The summed E-state index contributed by atoms with van der Waals surface area (Å²) in [5.74, 6) is 2.29. The van der Waals surface area contributed by atoms with Crippen LogP contribution in [0.25, 0.3) is 10.9 Å². The normalized spacial score (nSPS) is 17.7. The monoisotopic (exact) mass is 373 g/mol. The topological polar surface area (TPSA) is 56.9 Å². The van der Waals surface area contributed by atoms with Gasteiger partial charge in [-0.15, -0.1) is 12.4 Å². The zero-order valence-corrected chi connectivity index (χ0v) is 15.1. The van der Waals surface area contributed by atoms with Gasteiger partial charge < -0.3 is 15.6 Å². The largest absolute Gasteiger partial charge is 0.361 e. The molecule has 2 heterocycles. The first-order valence-corrected chi connectivity index (χ1v) is 9.09. The van der Waals surface area contributed by atoms with Gasteiger partial charge in [0.2, 0.25) is 5.91 Å². The zero-order chi connectivity index (χ0) is 15.4. The molecule has 23 heavy (non-hydrogen) atoms. The molecule has 126 valence electrons. The average Bonchev–Trinajstić information content (AvgIpc) is 2.91. The number of rotatable bonds is 5. The lowest BCUT2D eigenvalue weighted by atomic mass is 10.1. The van der Waals surface area contributed by atoms with Gasteiger partial charge in [-0.05, 0) is 30.2 Å². The van der Waals surface area contributed by atoms with Crippen LogP contribution in [0.15, 0.2) is 24.4 Å². The van der Waals surface area contributed by atoms with Crippen molar-refractivity contribution in [1.29, 1.82) is 0 Å². The Labute approximate surface area is 151 Å². The van der Waals surface area contributed by atoms with Gasteiger partial charge in [0.25, 0.3) is 0 Å². The number of carbonyl (C=O) groups is 1. The molecule has 1 saturated heterocycles. The van der Waals surface area contributed by atoms with Gasteiger partial charge in [-0.1, -0.05) is 11.6 Å². The van der Waals surface area contributed by atoms with Crippen LogP contribution in [-0.4, -0.2) is 41.5 Å². The fourth-order valence-electron chi connectivity index (χ4n) is 2.74. The molecule has 1 aromatic carbocycles. The maximum absolute atomic E-state index is 12.0. The van der Waals surface area contributed by atoms with Crippen molar-refractivity contribution in [1.82, 2.24) is 15.6 Å². The van der Waals surface area contributed by atoms with E-state index in [0.29, 0.717) is 19.0 Å². The van der Waals surface area contributed by atoms with Crippen LogP contribution in [0.3, 0.4) is 0 Å². The summed E-state index contributed by atoms with van der Waals surface area (Å²) in [6, 6.07) is 6.13. The van der Waals surface area contributed by atoms with Crippen molar-refractivity contribution in [3.63, 3.8) is 0 Å². The lowest BCUT2D eigenvalue weighted by Gasteiger charge is -2.22. The number of hydrogen-bond acceptors (Lipinski definition) is 3. The second-order valence-electron chi connectivity index (χ2n) is 5.53. The van der Waals surface area contributed by atoms with Crippen molar-refractivity contribution in [2.75, 3.05) is 24.6 Å². The molecule has 0 bridgehead atoms. The first-order valence-electron chi connectivity index (χ1n) is 7.56. The number of nitrogens with one attached hydrogen (secondary N) is 3. The van der Waals surface area contributed by atoms with Gasteiger partial charge in [-0.3, -0.25) is 4.79 Å². The number of aromatic amines is 1. The summed E-state index contributed by atoms with van der Waals surface area (Å²) in [4.78, 5) is 15.2. The first-order chi connectivity index (χ1) is 10.7. The minimum Gasteiger partial charge on any atom is -0.361 e. The summed E-state index contributed by atoms with van der Waals surface area (Å²) in [6.45, 7) is 1.65. The molecule has 1 aliphatic rings. The Balaban J connectivity index is 0.00000192. The van der Waals surface area contributed by atoms with E-state index in [2.05, 4.69) is 15.6 Å². The van der Waals surface area contributed by atoms with Crippen molar-refractivity contribution in [2.24, 2.45) is 0 Å². The molecule has 0 aliphatic carbocycles. The Kier molecular flexibility index (Phi) is 7.09. The van der Waals surface area contributed by atoms with Crippen molar-refractivity contribution in [3.05, 3.63) is 35.0 Å². The van der Waals surface area contributed by atoms with Crippen LogP contribution in [0.5, 0.6) is 0 Å². The minimum absolute atomic E-state index is 0. The number of aromatic nitrogens is 1. The summed E-state index contributed by atoms with van der Waals surface area (Å²) in [5, 5.41) is 8.26. The summed E-state index contributed by atoms with van der Waals surface area (Å²) in [6.07, 6.45) is 3.36. The highest BCUT2D eigenvalue weighted by atomic mass is 35.5. The highest BCUT2D eigenvalue weighted by molar-refractivity contribution is 7.99. The molecule has 1 unspecified atom stereocenters. The number of halogens is 2. The second kappa shape index (κ2) is 8.83. The third-order valence-electron chi connectivity index (χ3n) is 3.88. The van der Waals surface area contributed by atoms with E-state index in [9.17, 15) is 4.79 Å². The lowest BCUT2D eigenvalue weighted by Crippen LogP contribution is -2.41. The number of hydrogen-bond donors (Lipinski definition) is 3. The molecule has 0 spiro atoms. The van der Waals surface area contributed by atoms with Gasteiger partial charge in [0.05, 0.1) is 0 Å². The lowest BCUT2D eigenvalue weighted by molar-refractivity contribution is -0.121. The summed E-state index contributed by atoms with van der Waals surface area (Å²) >= 11 is 7.96. The number of H-pyrrole nitrogens is 1. The summed E-state index contributed by atoms with van der Waals surface area (Å²) in [7, 11) is 0. The molecule has 1 aliphatic heterocycles.